The van der Waals surface area contributed by atoms with Crippen LogP contribution in [0.15, 0.2) is 18.2 Å². The van der Waals surface area contributed by atoms with E-state index in [4.69, 9.17) is 9.88 Å². The highest BCUT2D eigenvalue weighted by Crippen LogP contribution is 2.13. The second-order valence-electron chi connectivity index (χ2n) is 5.66. The SMILES string of the molecule is NS(=O)(=O)N1CCN(C(=O)COCc2nc3ccc(F)cc3[nH]2)CC1. The van der Waals surface area contributed by atoms with Crippen LogP contribution in [0.25, 0.3) is 11.0 Å². The molecule has 0 aliphatic carbocycles. The second-order valence-corrected chi connectivity index (χ2v) is 7.21. The van der Waals surface area contributed by atoms with Gasteiger partial charge in [0.25, 0.3) is 10.2 Å². The van der Waals surface area contributed by atoms with Crippen LogP contribution in [0.1, 0.15) is 5.82 Å². The summed E-state index contributed by atoms with van der Waals surface area (Å²) in [4.78, 5) is 20.8. The van der Waals surface area contributed by atoms with Gasteiger partial charge in [-0.15, -0.1) is 0 Å². The molecule has 1 saturated heterocycles. The summed E-state index contributed by atoms with van der Waals surface area (Å²) in [6.45, 7) is 0.796. The van der Waals surface area contributed by atoms with E-state index in [1.807, 2.05) is 0 Å². The number of hydrogen-bond donors (Lipinski definition) is 2. The fourth-order valence-electron chi connectivity index (χ4n) is 2.62. The van der Waals surface area contributed by atoms with E-state index in [0.29, 0.717) is 16.9 Å². The molecule has 1 fully saturated rings. The van der Waals surface area contributed by atoms with Crippen LogP contribution in [-0.2, 0) is 26.3 Å². The van der Waals surface area contributed by atoms with Crippen LogP contribution in [0.2, 0.25) is 0 Å². The summed E-state index contributed by atoms with van der Waals surface area (Å²) in [5.41, 5.74) is 1.18. The molecule has 3 rings (SSSR count). The zero-order chi connectivity index (χ0) is 18.0. The summed E-state index contributed by atoms with van der Waals surface area (Å²) in [6.07, 6.45) is 0. The van der Waals surface area contributed by atoms with E-state index in [2.05, 4.69) is 9.97 Å². The lowest BCUT2D eigenvalue weighted by Gasteiger charge is -2.32. The van der Waals surface area contributed by atoms with Crippen LogP contribution in [0.5, 0.6) is 0 Å². The Morgan fingerprint density at radius 3 is 2.72 bits per heavy atom. The molecular formula is C14H18FN5O4S. The highest BCUT2D eigenvalue weighted by molar-refractivity contribution is 7.86. The van der Waals surface area contributed by atoms with E-state index >= 15 is 0 Å². The second kappa shape index (κ2) is 7.04. The number of carbonyl (C=O) groups excluding carboxylic acids is 1. The average molecular weight is 371 g/mol. The first-order chi connectivity index (χ1) is 11.8. The lowest BCUT2D eigenvalue weighted by Crippen LogP contribution is -2.52. The fraction of sp³-hybridized carbons (Fsp3) is 0.429. The molecule has 2 heterocycles. The summed E-state index contributed by atoms with van der Waals surface area (Å²) >= 11 is 0. The van der Waals surface area contributed by atoms with E-state index in [-0.39, 0.29) is 51.1 Å². The van der Waals surface area contributed by atoms with E-state index in [1.165, 1.54) is 17.0 Å². The van der Waals surface area contributed by atoms with Crippen molar-refractivity contribution in [3.63, 3.8) is 0 Å². The van der Waals surface area contributed by atoms with Crippen molar-refractivity contribution in [3.8, 4) is 0 Å². The van der Waals surface area contributed by atoms with Crippen molar-refractivity contribution in [1.82, 2.24) is 19.2 Å². The number of rotatable bonds is 5. The molecule has 25 heavy (non-hydrogen) atoms. The van der Waals surface area contributed by atoms with Gasteiger partial charge in [-0.1, -0.05) is 0 Å². The Kier molecular flexibility index (Phi) is 4.99. The zero-order valence-electron chi connectivity index (χ0n) is 13.3. The third-order valence-electron chi connectivity index (χ3n) is 3.91. The van der Waals surface area contributed by atoms with Crippen LogP contribution >= 0.6 is 0 Å². The van der Waals surface area contributed by atoms with Gasteiger partial charge in [0.2, 0.25) is 5.91 Å². The number of aromatic nitrogens is 2. The van der Waals surface area contributed by atoms with Crippen molar-refractivity contribution in [2.24, 2.45) is 5.14 Å². The molecule has 9 nitrogen and oxygen atoms in total. The highest BCUT2D eigenvalue weighted by atomic mass is 32.2. The lowest BCUT2D eigenvalue weighted by atomic mass is 10.3. The zero-order valence-corrected chi connectivity index (χ0v) is 14.1. The minimum Gasteiger partial charge on any atom is -0.364 e. The van der Waals surface area contributed by atoms with E-state index in [9.17, 15) is 17.6 Å². The molecule has 0 unspecified atom stereocenters. The molecule has 3 N–H and O–H groups in total. The number of imidazole rings is 1. The number of halogens is 1. The Morgan fingerprint density at radius 1 is 1.32 bits per heavy atom. The summed E-state index contributed by atoms with van der Waals surface area (Å²) in [5, 5.41) is 5.05. The van der Waals surface area contributed by atoms with Crippen LogP contribution < -0.4 is 5.14 Å². The fourth-order valence-corrected chi connectivity index (χ4v) is 3.29. The lowest BCUT2D eigenvalue weighted by molar-refractivity contribution is -0.137. The van der Waals surface area contributed by atoms with Gasteiger partial charge in [0.15, 0.2) is 0 Å². The van der Waals surface area contributed by atoms with Crippen molar-refractivity contribution in [2.75, 3.05) is 32.8 Å². The first-order valence-electron chi connectivity index (χ1n) is 7.60. The Labute approximate surface area is 143 Å². The monoisotopic (exact) mass is 371 g/mol. The molecular weight excluding hydrogens is 353 g/mol. The third kappa shape index (κ3) is 4.31. The number of nitrogens with zero attached hydrogens (tertiary/aromatic N) is 3. The smallest absolute Gasteiger partial charge is 0.277 e. The highest BCUT2D eigenvalue weighted by Gasteiger charge is 2.26. The number of benzene rings is 1. The molecule has 1 aromatic carbocycles. The molecule has 0 radical (unpaired) electrons. The van der Waals surface area contributed by atoms with E-state index in [0.717, 1.165) is 4.31 Å². The summed E-state index contributed by atoms with van der Waals surface area (Å²) in [5.74, 6) is -0.110. The van der Waals surface area contributed by atoms with Gasteiger partial charge in [0.1, 0.15) is 24.9 Å². The van der Waals surface area contributed by atoms with Gasteiger partial charge >= 0.3 is 0 Å². The minimum absolute atomic E-state index is 0.0825. The predicted octanol–water partition coefficient (Wildman–Crippen LogP) is -0.434. The van der Waals surface area contributed by atoms with Gasteiger partial charge in [-0.3, -0.25) is 4.79 Å². The number of piperazine rings is 1. The first kappa shape index (κ1) is 17.7. The van der Waals surface area contributed by atoms with Crippen LogP contribution in [0.3, 0.4) is 0 Å². The van der Waals surface area contributed by atoms with Crippen molar-refractivity contribution in [3.05, 3.63) is 29.8 Å². The number of hydrogen-bond acceptors (Lipinski definition) is 5. The molecule has 11 heteroatoms. The Balaban J connectivity index is 1.48. The van der Waals surface area contributed by atoms with Crippen molar-refractivity contribution >= 4 is 27.1 Å². The molecule has 1 aromatic heterocycles. The Morgan fingerprint density at radius 2 is 2.04 bits per heavy atom. The standard InChI is InChI=1S/C14H18FN5O4S/c15-10-1-2-11-12(7-10)18-13(17-11)8-24-9-14(21)19-3-5-20(6-4-19)25(16,22)23/h1-2,7H,3-6,8-9H2,(H,17,18)(H2,16,22,23). The molecule has 136 valence electrons. The van der Waals surface area contributed by atoms with Gasteiger partial charge in [-0.05, 0) is 18.2 Å². The number of nitrogens with one attached hydrogen (secondary N) is 1. The quantitative estimate of drug-likeness (QED) is 0.738. The van der Waals surface area contributed by atoms with Crippen LogP contribution in [0, 0.1) is 5.82 Å². The van der Waals surface area contributed by atoms with E-state index < -0.39 is 10.2 Å². The summed E-state index contributed by atoms with van der Waals surface area (Å²) in [7, 11) is -3.72. The average Bonchev–Trinajstić information content (AvgIpc) is 2.96. The van der Waals surface area contributed by atoms with E-state index in [1.54, 1.807) is 6.07 Å². The number of nitrogens with two attached hydrogens (primary N) is 1. The first-order valence-corrected chi connectivity index (χ1v) is 9.11. The predicted molar refractivity (Wildman–Crippen MR) is 87.0 cm³/mol. The molecule has 0 spiro atoms. The number of amides is 1. The normalized spacial score (nSPS) is 16.5. The van der Waals surface area contributed by atoms with Crippen molar-refractivity contribution < 1.29 is 22.3 Å². The minimum atomic E-state index is -3.72. The number of aromatic amines is 1. The number of ether oxygens (including phenoxy) is 1. The van der Waals surface area contributed by atoms with Gasteiger partial charge < -0.3 is 14.6 Å². The summed E-state index contributed by atoms with van der Waals surface area (Å²) in [6, 6.07) is 4.21. The maximum absolute atomic E-state index is 13.1. The molecule has 0 atom stereocenters. The van der Waals surface area contributed by atoms with Crippen LogP contribution in [0.4, 0.5) is 4.39 Å². The molecule has 1 amide bonds. The van der Waals surface area contributed by atoms with Gasteiger partial charge in [0.05, 0.1) is 11.0 Å². The van der Waals surface area contributed by atoms with Gasteiger partial charge in [-0.25, -0.2) is 14.5 Å². The maximum atomic E-state index is 13.1. The number of carbonyl (C=O) groups is 1. The Bertz CT molecular complexity index is 876. The third-order valence-corrected chi connectivity index (χ3v) is 4.99. The van der Waals surface area contributed by atoms with Crippen molar-refractivity contribution in [2.45, 2.75) is 6.61 Å². The largest absolute Gasteiger partial charge is 0.364 e. The van der Waals surface area contributed by atoms with Gasteiger partial charge in [-0.2, -0.15) is 12.7 Å². The Hall–Kier alpha value is -2.08. The molecule has 0 bridgehead atoms. The topological polar surface area (TPSA) is 122 Å². The van der Waals surface area contributed by atoms with Crippen LogP contribution in [-0.4, -0.2) is 66.3 Å². The molecule has 0 saturated carbocycles. The van der Waals surface area contributed by atoms with Gasteiger partial charge in [0, 0.05) is 26.2 Å². The summed E-state index contributed by atoms with van der Waals surface area (Å²) < 4.78 is 42.1. The molecule has 1 aliphatic heterocycles. The maximum Gasteiger partial charge on any atom is 0.277 e. The molecule has 2 aromatic rings. The van der Waals surface area contributed by atoms with Crippen molar-refractivity contribution in [1.29, 1.82) is 0 Å². The number of fused-ring (bicyclic) bond motifs is 1. The molecule has 1 aliphatic rings. The number of H-pyrrole nitrogens is 1.